The Morgan fingerprint density at radius 2 is 1.86 bits per heavy atom. The molecule has 0 saturated heterocycles. The SMILES string of the molecule is CCCC.CCC[CH2][AlH][C]1=CC=CC1. The zero-order valence-electron chi connectivity index (χ0n) is 10.2. The van der Waals surface area contributed by atoms with Crippen molar-refractivity contribution in [3.05, 3.63) is 22.7 Å². The minimum Gasteiger partial charge on any atom is -0.132 e. The van der Waals surface area contributed by atoms with Crippen molar-refractivity contribution in [2.45, 2.75) is 58.2 Å². The zero-order chi connectivity index (χ0) is 10.6. The highest BCUT2D eigenvalue weighted by Gasteiger charge is 2.00. The molecule has 0 amide bonds. The number of hydrogen-bond acceptors (Lipinski definition) is 0. The van der Waals surface area contributed by atoms with Gasteiger partial charge in [-0.15, -0.1) is 4.44 Å². The summed E-state index contributed by atoms with van der Waals surface area (Å²) in [6.45, 7) is 6.63. The van der Waals surface area contributed by atoms with Gasteiger partial charge < -0.3 is 0 Å². The minimum absolute atomic E-state index is 0.175. The monoisotopic (exact) mass is 208 g/mol. The molecule has 0 aliphatic heterocycles. The van der Waals surface area contributed by atoms with Crippen molar-refractivity contribution in [1.82, 2.24) is 0 Å². The van der Waals surface area contributed by atoms with E-state index in [1.807, 2.05) is 0 Å². The Morgan fingerprint density at radius 3 is 2.29 bits per heavy atom. The highest BCUT2D eigenvalue weighted by Crippen LogP contribution is 2.10. The molecular formula is C13H25Al. The van der Waals surface area contributed by atoms with Gasteiger partial charge in [0.15, 0.2) is 0 Å². The smallest absolute Gasteiger partial charge is 0.132 e. The average Bonchev–Trinajstić information content (AvgIpc) is 2.72. The Labute approximate surface area is 96.2 Å². The van der Waals surface area contributed by atoms with Crippen LogP contribution in [0.1, 0.15) is 52.9 Å². The summed E-state index contributed by atoms with van der Waals surface area (Å²) in [6, 6.07) is 0. The molecule has 0 nitrogen and oxygen atoms in total. The molecule has 0 fully saturated rings. The Morgan fingerprint density at radius 1 is 1.14 bits per heavy atom. The summed E-state index contributed by atoms with van der Waals surface area (Å²) < 4.78 is 1.76. The standard InChI is InChI=1S/C5H5.C4H10.C4H9.Al.H/c1-2-4-5-3-1;2*1-3-4-2;;/h1-3H,4H2;3-4H2,1-2H3;1,3-4H2,2H3;;. The molecule has 0 unspecified atom stereocenters. The van der Waals surface area contributed by atoms with Crippen molar-refractivity contribution < 1.29 is 0 Å². The van der Waals surface area contributed by atoms with Crippen molar-refractivity contribution >= 4 is 15.2 Å². The molecule has 1 rings (SSSR count). The molecule has 1 heteroatoms. The lowest BCUT2D eigenvalue weighted by atomic mass is 10.4. The fraction of sp³-hybridized carbons (Fsp3) is 0.692. The minimum atomic E-state index is 0.175. The van der Waals surface area contributed by atoms with Crippen LogP contribution in [-0.4, -0.2) is 15.2 Å². The molecule has 80 valence electrons. The molecule has 0 heterocycles. The first-order valence-corrected chi connectivity index (χ1v) is 7.90. The third-order valence-corrected chi connectivity index (χ3v) is 4.47. The van der Waals surface area contributed by atoms with Gasteiger partial charge in [0.2, 0.25) is 0 Å². The highest BCUT2D eigenvalue weighted by atomic mass is 27.1. The van der Waals surface area contributed by atoms with Crippen LogP contribution in [-0.2, 0) is 0 Å². The first-order valence-electron chi connectivity index (χ1n) is 6.19. The normalized spacial score (nSPS) is 13.2. The van der Waals surface area contributed by atoms with E-state index in [1.165, 1.54) is 37.4 Å². The largest absolute Gasteiger partial charge is 0.276 e. The maximum absolute atomic E-state index is 2.32. The quantitative estimate of drug-likeness (QED) is 0.467. The first-order chi connectivity index (χ1) is 6.85. The second kappa shape index (κ2) is 11.1. The van der Waals surface area contributed by atoms with E-state index in [1.54, 1.807) is 4.44 Å². The molecule has 1 aliphatic rings. The lowest BCUT2D eigenvalue weighted by Gasteiger charge is -1.95. The van der Waals surface area contributed by atoms with Gasteiger partial charge in [-0.25, -0.2) is 0 Å². The zero-order valence-corrected chi connectivity index (χ0v) is 11.6. The van der Waals surface area contributed by atoms with Gasteiger partial charge in [-0.3, -0.25) is 0 Å². The van der Waals surface area contributed by atoms with Crippen molar-refractivity contribution in [1.29, 1.82) is 0 Å². The second-order valence-corrected chi connectivity index (χ2v) is 6.03. The van der Waals surface area contributed by atoms with Gasteiger partial charge in [-0.05, 0) is 6.42 Å². The molecule has 0 atom stereocenters. The van der Waals surface area contributed by atoms with Gasteiger partial charge in [0.25, 0.3) is 15.2 Å². The molecule has 0 aromatic heterocycles. The number of allylic oxidation sites excluding steroid dienone is 4. The second-order valence-electron chi connectivity index (χ2n) is 3.91. The molecular weight excluding hydrogens is 183 g/mol. The highest BCUT2D eigenvalue weighted by molar-refractivity contribution is 6.45. The molecule has 0 aromatic rings. The van der Waals surface area contributed by atoms with E-state index in [0.717, 1.165) is 0 Å². The van der Waals surface area contributed by atoms with Gasteiger partial charge in [0.1, 0.15) is 0 Å². The number of hydrogen-bond donors (Lipinski definition) is 0. The van der Waals surface area contributed by atoms with Crippen LogP contribution in [0.2, 0.25) is 5.28 Å². The lowest BCUT2D eigenvalue weighted by molar-refractivity contribution is 0.879. The summed E-state index contributed by atoms with van der Waals surface area (Å²) >= 11 is 0.175. The van der Waals surface area contributed by atoms with E-state index < -0.39 is 0 Å². The van der Waals surface area contributed by atoms with Crippen LogP contribution in [0.5, 0.6) is 0 Å². The summed E-state index contributed by atoms with van der Waals surface area (Å²) in [4.78, 5) is 0. The molecule has 0 saturated carbocycles. The molecule has 1 aliphatic carbocycles. The van der Waals surface area contributed by atoms with E-state index in [9.17, 15) is 0 Å². The summed E-state index contributed by atoms with van der Waals surface area (Å²) in [5.74, 6) is 0. The Kier molecular flexibility index (Phi) is 11.1. The predicted octanol–water partition coefficient (Wildman–Crippen LogP) is 4.29. The number of rotatable bonds is 5. The van der Waals surface area contributed by atoms with Crippen LogP contribution in [0.3, 0.4) is 0 Å². The molecule has 0 spiro atoms. The van der Waals surface area contributed by atoms with Crippen molar-refractivity contribution in [3.8, 4) is 0 Å². The van der Waals surface area contributed by atoms with E-state index >= 15 is 0 Å². The molecule has 0 radical (unpaired) electrons. The van der Waals surface area contributed by atoms with E-state index in [0.29, 0.717) is 0 Å². The van der Waals surface area contributed by atoms with Crippen LogP contribution < -0.4 is 0 Å². The fourth-order valence-electron chi connectivity index (χ4n) is 1.28. The topological polar surface area (TPSA) is 0 Å². The van der Waals surface area contributed by atoms with E-state index in [2.05, 4.69) is 39.0 Å². The van der Waals surface area contributed by atoms with Gasteiger partial charge in [0, 0.05) is 0 Å². The van der Waals surface area contributed by atoms with Gasteiger partial charge in [-0.2, -0.15) is 0 Å². The number of unbranched alkanes of at least 4 members (excludes halogenated alkanes) is 2. The summed E-state index contributed by atoms with van der Waals surface area (Å²) in [7, 11) is 0. The lowest BCUT2D eigenvalue weighted by Crippen LogP contribution is -1.92. The van der Waals surface area contributed by atoms with Gasteiger partial charge in [0.05, 0.1) is 0 Å². The van der Waals surface area contributed by atoms with Gasteiger partial charge >= 0.3 is 0 Å². The maximum Gasteiger partial charge on any atom is 0.276 e. The first kappa shape index (κ1) is 14.0. The van der Waals surface area contributed by atoms with E-state index in [-0.39, 0.29) is 15.2 Å². The van der Waals surface area contributed by atoms with Crippen LogP contribution in [0.25, 0.3) is 0 Å². The Balaban J connectivity index is 0.000000364. The Hall–Kier alpha value is 0.0125. The summed E-state index contributed by atoms with van der Waals surface area (Å²) in [5.41, 5.74) is 0. The van der Waals surface area contributed by atoms with Crippen LogP contribution >= 0.6 is 0 Å². The third-order valence-electron chi connectivity index (χ3n) is 2.45. The Bertz CT molecular complexity index is 166. The predicted molar refractivity (Wildman–Crippen MR) is 69.3 cm³/mol. The van der Waals surface area contributed by atoms with E-state index in [4.69, 9.17) is 0 Å². The van der Waals surface area contributed by atoms with Crippen LogP contribution in [0, 0.1) is 0 Å². The molecule has 0 aromatic carbocycles. The van der Waals surface area contributed by atoms with Crippen molar-refractivity contribution in [2.75, 3.05) is 0 Å². The molecule has 0 bridgehead atoms. The molecule has 0 N–H and O–H groups in total. The molecule has 14 heavy (non-hydrogen) atoms. The maximum atomic E-state index is 2.32. The third kappa shape index (κ3) is 8.60. The van der Waals surface area contributed by atoms with Crippen molar-refractivity contribution in [2.24, 2.45) is 0 Å². The summed E-state index contributed by atoms with van der Waals surface area (Å²) in [5, 5.41) is 1.52. The van der Waals surface area contributed by atoms with Crippen molar-refractivity contribution in [3.63, 3.8) is 0 Å². The van der Waals surface area contributed by atoms with Gasteiger partial charge in [-0.1, -0.05) is 70.0 Å². The van der Waals surface area contributed by atoms with Crippen LogP contribution in [0.15, 0.2) is 22.7 Å². The summed E-state index contributed by atoms with van der Waals surface area (Å²) in [6.07, 6.45) is 13.5. The average molecular weight is 208 g/mol. The fourth-order valence-corrected chi connectivity index (χ4v) is 3.16. The van der Waals surface area contributed by atoms with Crippen LogP contribution in [0.4, 0.5) is 0 Å².